The van der Waals surface area contributed by atoms with Gasteiger partial charge in [0.15, 0.2) is 0 Å². The number of hydrogen-bond donors (Lipinski definition) is 1. The van der Waals surface area contributed by atoms with E-state index in [1.54, 1.807) is 0 Å². The van der Waals surface area contributed by atoms with Gasteiger partial charge in [0.2, 0.25) is 0 Å². The van der Waals surface area contributed by atoms with Crippen LogP contribution in [0.15, 0.2) is 52.8 Å². The van der Waals surface area contributed by atoms with Gasteiger partial charge in [0.25, 0.3) is 0 Å². The lowest BCUT2D eigenvalue weighted by Crippen LogP contribution is -2.35. The zero-order valence-electron chi connectivity index (χ0n) is 17.2. The summed E-state index contributed by atoms with van der Waals surface area (Å²) < 4.78 is 0. The van der Waals surface area contributed by atoms with Crippen molar-refractivity contribution in [1.29, 1.82) is 0 Å². The van der Waals surface area contributed by atoms with E-state index in [2.05, 4.69) is 66.1 Å². The van der Waals surface area contributed by atoms with Crippen molar-refractivity contribution in [2.24, 2.45) is 10.9 Å². The van der Waals surface area contributed by atoms with Crippen molar-refractivity contribution in [1.82, 2.24) is 10.2 Å². The van der Waals surface area contributed by atoms with Crippen LogP contribution in [0.1, 0.15) is 45.1 Å². The van der Waals surface area contributed by atoms with Gasteiger partial charge in [-0.05, 0) is 75.0 Å². The molecule has 0 saturated heterocycles. The molecule has 0 amide bonds. The average Bonchev–Trinajstić information content (AvgIpc) is 3.17. The molecule has 0 atom stereocenters. The topological polar surface area (TPSA) is 27.6 Å². The highest BCUT2D eigenvalue weighted by Crippen LogP contribution is 2.32. The first kappa shape index (κ1) is 21.3. The van der Waals surface area contributed by atoms with E-state index in [0.717, 1.165) is 29.1 Å². The van der Waals surface area contributed by atoms with Crippen LogP contribution in [0.4, 0.5) is 0 Å². The molecule has 0 unspecified atom stereocenters. The lowest BCUT2D eigenvalue weighted by molar-refractivity contribution is 0.208. The van der Waals surface area contributed by atoms with Crippen LogP contribution in [0.2, 0.25) is 5.02 Å². The van der Waals surface area contributed by atoms with E-state index < -0.39 is 0 Å². The van der Waals surface area contributed by atoms with E-state index in [1.807, 2.05) is 18.3 Å². The number of aliphatic imine (C=N–C) groups is 1. The standard InChI is InChI=1S/C23H32ClN3S/c1-4-25-23-22(13-14-26-23)17(2)27(3)21-11-7-19(8-12-21)16-28-15-18-5-9-20(24)10-6-18/h5-6,9-10,13-14,19,21H,4,7-8,11-12,15-16H2,1-3H3,(H,25,26)/b22-17+. The van der Waals surface area contributed by atoms with Crippen LogP contribution in [0, 0.1) is 5.92 Å². The summed E-state index contributed by atoms with van der Waals surface area (Å²) in [5, 5.41) is 4.09. The highest BCUT2D eigenvalue weighted by Gasteiger charge is 2.26. The monoisotopic (exact) mass is 417 g/mol. The van der Waals surface area contributed by atoms with Gasteiger partial charge in [0, 0.05) is 47.9 Å². The Kier molecular flexibility index (Phi) is 7.92. The molecule has 3 nitrogen and oxygen atoms in total. The maximum absolute atomic E-state index is 5.97. The second-order valence-corrected chi connectivity index (χ2v) is 9.19. The summed E-state index contributed by atoms with van der Waals surface area (Å²) in [5.41, 5.74) is 3.94. The highest BCUT2D eigenvalue weighted by molar-refractivity contribution is 7.98. The summed E-state index contributed by atoms with van der Waals surface area (Å²) in [4.78, 5) is 7.06. The fourth-order valence-electron chi connectivity index (χ4n) is 4.03. The summed E-state index contributed by atoms with van der Waals surface area (Å²) in [7, 11) is 2.25. The van der Waals surface area contributed by atoms with Crippen molar-refractivity contribution in [3.8, 4) is 0 Å². The first-order valence-electron chi connectivity index (χ1n) is 10.3. The summed E-state index contributed by atoms with van der Waals surface area (Å²) in [6, 6.07) is 8.89. The third kappa shape index (κ3) is 5.57. The molecule has 1 saturated carbocycles. The van der Waals surface area contributed by atoms with Gasteiger partial charge in [-0.2, -0.15) is 11.8 Å². The molecular formula is C23H32ClN3S. The molecule has 1 aromatic rings. The fourth-order valence-corrected chi connectivity index (χ4v) is 5.37. The Hall–Kier alpha value is -1.39. The van der Waals surface area contributed by atoms with Gasteiger partial charge in [-0.25, -0.2) is 0 Å². The Morgan fingerprint density at radius 2 is 1.93 bits per heavy atom. The minimum Gasteiger partial charge on any atom is -0.375 e. The van der Waals surface area contributed by atoms with E-state index in [0.29, 0.717) is 6.04 Å². The lowest BCUT2D eigenvalue weighted by atomic mass is 9.86. The first-order chi connectivity index (χ1) is 13.6. The van der Waals surface area contributed by atoms with Crippen LogP contribution >= 0.6 is 23.4 Å². The van der Waals surface area contributed by atoms with Gasteiger partial charge in [0.1, 0.15) is 5.84 Å². The smallest absolute Gasteiger partial charge is 0.134 e. The molecule has 2 aliphatic rings. The minimum atomic E-state index is 0.641. The molecule has 3 rings (SSSR count). The van der Waals surface area contributed by atoms with E-state index in [9.17, 15) is 0 Å². The molecule has 1 aromatic carbocycles. The number of amidine groups is 1. The van der Waals surface area contributed by atoms with Gasteiger partial charge in [-0.1, -0.05) is 23.7 Å². The fraction of sp³-hybridized carbons (Fsp3) is 0.522. The second-order valence-electron chi connectivity index (χ2n) is 7.73. The second kappa shape index (κ2) is 10.4. The zero-order chi connectivity index (χ0) is 19.9. The van der Waals surface area contributed by atoms with Gasteiger partial charge in [0.05, 0.1) is 0 Å². The summed E-state index contributed by atoms with van der Waals surface area (Å²) in [5.74, 6) is 4.21. The molecular weight excluding hydrogens is 386 g/mol. The van der Waals surface area contributed by atoms with Crippen LogP contribution in [0.25, 0.3) is 0 Å². The Labute approximate surface area is 179 Å². The molecule has 5 heteroatoms. The predicted molar refractivity (Wildman–Crippen MR) is 124 cm³/mol. The molecule has 0 aromatic heterocycles. The number of hydrogen-bond acceptors (Lipinski definition) is 3. The normalized spacial score (nSPS) is 25.1. The number of allylic oxidation sites excluding steroid dienone is 1. The molecule has 1 aliphatic carbocycles. The Morgan fingerprint density at radius 3 is 2.61 bits per heavy atom. The van der Waals surface area contributed by atoms with Crippen LogP contribution in [0.5, 0.6) is 0 Å². The van der Waals surface area contributed by atoms with E-state index in [-0.39, 0.29) is 0 Å². The van der Waals surface area contributed by atoms with Crippen LogP contribution < -0.4 is 5.32 Å². The number of rotatable bonds is 7. The largest absolute Gasteiger partial charge is 0.375 e. The van der Waals surface area contributed by atoms with Crippen molar-refractivity contribution < 1.29 is 0 Å². The van der Waals surface area contributed by atoms with Gasteiger partial charge < -0.3 is 10.2 Å². The Balaban J connectivity index is 1.46. The Bertz CT molecular complexity index is 731. The van der Waals surface area contributed by atoms with E-state index >= 15 is 0 Å². The van der Waals surface area contributed by atoms with Crippen molar-refractivity contribution in [3.05, 3.63) is 58.4 Å². The highest BCUT2D eigenvalue weighted by atomic mass is 35.5. The molecule has 1 heterocycles. The molecule has 1 N–H and O–H groups in total. The minimum absolute atomic E-state index is 0.641. The molecule has 0 radical (unpaired) electrons. The molecule has 0 bridgehead atoms. The van der Waals surface area contributed by atoms with Gasteiger partial charge in [-0.3, -0.25) is 4.99 Å². The SMILES string of the molecule is CC/N=C1/NC=C/C1=C(/C)N(C)C1CCC(CSCc2ccc(Cl)cc2)CC1. The summed E-state index contributed by atoms with van der Waals surface area (Å²) in [6.07, 6.45) is 9.37. The first-order valence-corrected chi connectivity index (χ1v) is 11.9. The van der Waals surface area contributed by atoms with Crippen LogP contribution in [0.3, 0.4) is 0 Å². The number of thioether (sulfide) groups is 1. The predicted octanol–water partition coefficient (Wildman–Crippen LogP) is 5.87. The van der Waals surface area contributed by atoms with Crippen LogP contribution in [-0.4, -0.2) is 36.1 Å². The molecule has 28 heavy (non-hydrogen) atoms. The maximum atomic E-state index is 5.97. The third-order valence-electron chi connectivity index (χ3n) is 5.86. The maximum Gasteiger partial charge on any atom is 0.134 e. The van der Waals surface area contributed by atoms with Crippen molar-refractivity contribution in [2.45, 2.75) is 51.3 Å². The number of benzene rings is 1. The number of nitrogens with one attached hydrogen (secondary N) is 1. The van der Waals surface area contributed by atoms with E-state index in [1.165, 1.54) is 48.3 Å². The van der Waals surface area contributed by atoms with Crippen molar-refractivity contribution in [2.75, 3.05) is 19.3 Å². The lowest BCUT2D eigenvalue weighted by Gasteiger charge is -2.37. The number of halogens is 1. The van der Waals surface area contributed by atoms with Gasteiger partial charge >= 0.3 is 0 Å². The van der Waals surface area contributed by atoms with Crippen LogP contribution in [-0.2, 0) is 5.75 Å². The third-order valence-corrected chi connectivity index (χ3v) is 7.36. The zero-order valence-corrected chi connectivity index (χ0v) is 18.8. The molecule has 1 fully saturated rings. The summed E-state index contributed by atoms with van der Waals surface area (Å²) >= 11 is 8.03. The molecule has 152 valence electrons. The van der Waals surface area contributed by atoms with E-state index in [4.69, 9.17) is 11.6 Å². The summed E-state index contributed by atoms with van der Waals surface area (Å²) in [6.45, 7) is 5.12. The van der Waals surface area contributed by atoms with Crippen molar-refractivity contribution >= 4 is 29.2 Å². The quantitative estimate of drug-likeness (QED) is 0.600. The molecule has 1 aliphatic heterocycles. The number of nitrogens with zero attached hydrogens (tertiary/aromatic N) is 2. The Morgan fingerprint density at radius 1 is 1.21 bits per heavy atom. The van der Waals surface area contributed by atoms with Gasteiger partial charge in [-0.15, -0.1) is 0 Å². The molecule has 0 spiro atoms. The average molecular weight is 418 g/mol. The van der Waals surface area contributed by atoms with Crippen molar-refractivity contribution in [3.63, 3.8) is 0 Å².